The van der Waals surface area contributed by atoms with Gasteiger partial charge in [0.2, 0.25) is 0 Å². The maximum atomic E-state index is 13.6. The lowest BCUT2D eigenvalue weighted by Crippen LogP contribution is -2.47. The fourth-order valence-corrected chi connectivity index (χ4v) is 3.93. The molecular formula is C22H19ClFN3O5S. The molecule has 8 nitrogen and oxygen atoms in total. The topological polar surface area (TPSA) is 114 Å². The number of carbonyl (C=O) groups is 2. The third kappa shape index (κ3) is 6.21. The van der Waals surface area contributed by atoms with Crippen molar-refractivity contribution in [3.05, 3.63) is 89.2 Å². The van der Waals surface area contributed by atoms with E-state index >= 15 is 0 Å². The predicted molar refractivity (Wildman–Crippen MR) is 121 cm³/mol. The normalized spacial score (nSPS) is 11.8. The van der Waals surface area contributed by atoms with Crippen molar-refractivity contribution in [1.82, 2.24) is 10.9 Å². The number of hydrogen-bond acceptors (Lipinski definition) is 5. The SMILES string of the molecule is CC(Oc1ccccc1F)C(=O)NNC(=O)c1ccc(S(=O)(=O)Nc2ccccc2Cl)cc1. The fourth-order valence-electron chi connectivity index (χ4n) is 2.61. The zero-order chi connectivity index (χ0) is 24.0. The summed E-state index contributed by atoms with van der Waals surface area (Å²) in [5.74, 6) is -2.13. The highest BCUT2D eigenvalue weighted by molar-refractivity contribution is 7.92. The number of nitrogens with one attached hydrogen (secondary N) is 3. The number of anilines is 1. The zero-order valence-electron chi connectivity index (χ0n) is 17.2. The van der Waals surface area contributed by atoms with Crippen molar-refractivity contribution in [2.45, 2.75) is 17.9 Å². The predicted octanol–water partition coefficient (Wildman–Crippen LogP) is 3.51. The summed E-state index contributed by atoms with van der Waals surface area (Å²) in [4.78, 5) is 24.3. The molecule has 3 aromatic carbocycles. The van der Waals surface area contributed by atoms with Crippen LogP contribution < -0.4 is 20.3 Å². The van der Waals surface area contributed by atoms with Gasteiger partial charge in [0.1, 0.15) is 0 Å². The molecule has 1 unspecified atom stereocenters. The van der Waals surface area contributed by atoms with E-state index in [9.17, 15) is 22.4 Å². The van der Waals surface area contributed by atoms with Gasteiger partial charge in [0, 0.05) is 5.56 Å². The zero-order valence-corrected chi connectivity index (χ0v) is 18.8. The molecule has 0 heterocycles. The van der Waals surface area contributed by atoms with Gasteiger partial charge in [-0.25, -0.2) is 12.8 Å². The maximum Gasteiger partial charge on any atom is 0.279 e. The second-order valence-corrected chi connectivity index (χ2v) is 8.83. The summed E-state index contributed by atoms with van der Waals surface area (Å²) in [5, 5.41) is 0.237. The summed E-state index contributed by atoms with van der Waals surface area (Å²) in [6, 6.07) is 17.0. The van der Waals surface area contributed by atoms with Crippen molar-refractivity contribution >= 4 is 39.1 Å². The lowest BCUT2D eigenvalue weighted by atomic mass is 10.2. The number of halogens is 2. The molecule has 3 aromatic rings. The summed E-state index contributed by atoms with van der Waals surface area (Å²) in [7, 11) is -3.93. The summed E-state index contributed by atoms with van der Waals surface area (Å²) in [6.45, 7) is 1.39. The summed E-state index contributed by atoms with van der Waals surface area (Å²) < 4.78 is 46.3. The van der Waals surface area contributed by atoms with Gasteiger partial charge < -0.3 is 4.74 Å². The van der Waals surface area contributed by atoms with Crippen LogP contribution in [0.15, 0.2) is 77.7 Å². The standard InChI is InChI=1S/C22H19ClFN3O5S/c1-14(32-20-9-5-3-7-18(20)24)21(28)25-26-22(29)15-10-12-16(13-11-15)33(30,31)27-19-8-4-2-6-17(19)23/h2-14,27H,1H3,(H,25,28)(H,26,29). The number of ether oxygens (including phenoxy) is 1. The van der Waals surface area contributed by atoms with E-state index in [-0.39, 0.29) is 26.9 Å². The molecule has 0 spiro atoms. The van der Waals surface area contributed by atoms with Crippen molar-refractivity contribution in [3.8, 4) is 5.75 Å². The number of benzene rings is 3. The molecule has 0 saturated heterocycles. The molecule has 0 aliphatic heterocycles. The summed E-state index contributed by atoms with van der Waals surface area (Å²) in [5.41, 5.74) is 4.67. The average Bonchev–Trinajstić information content (AvgIpc) is 2.80. The Hall–Kier alpha value is -3.63. The van der Waals surface area contributed by atoms with Gasteiger partial charge in [-0.15, -0.1) is 0 Å². The van der Waals surface area contributed by atoms with Crippen molar-refractivity contribution in [1.29, 1.82) is 0 Å². The van der Waals surface area contributed by atoms with Crippen LogP contribution in [0.1, 0.15) is 17.3 Å². The van der Waals surface area contributed by atoms with Crippen LogP contribution in [0.2, 0.25) is 5.02 Å². The lowest BCUT2D eigenvalue weighted by molar-refractivity contribution is -0.128. The van der Waals surface area contributed by atoms with Crippen LogP contribution in [0.3, 0.4) is 0 Å². The van der Waals surface area contributed by atoms with E-state index in [1.165, 1.54) is 55.5 Å². The van der Waals surface area contributed by atoms with Crippen LogP contribution in [0, 0.1) is 5.82 Å². The molecule has 172 valence electrons. The second kappa shape index (κ2) is 10.3. The quantitative estimate of drug-likeness (QED) is 0.438. The molecule has 0 bridgehead atoms. The Morgan fingerprint density at radius 2 is 1.58 bits per heavy atom. The molecule has 0 aliphatic rings. The number of hydrazine groups is 1. The third-order valence-corrected chi connectivity index (χ3v) is 6.06. The van der Waals surface area contributed by atoms with Gasteiger partial charge in [0.25, 0.3) is 21.8 Å². The number of carbonyl (C=O) groups excluding carboxylic acids is 2. The van der Waals surface area contributed by atoms with E-state index in [0.717, 1.165) is 0 Å². The van der Waals surface area contributed by atoms with Crippen LogP contribution in [-0.2, 0) is 14.8 Å². The number of sulfonamides is 1. The largest absolute Gasteiger partial charge is 0.478 e. The van der Waals surface area contributed by atoms with Gasteiger partial charge in [-0.3, -0.25) is 25.2 Å². The Labute approximate surface area is 194 Å². The van der Waals surface area contributed by atoms with E-state index in [0.29, 0.717) is 0 Å². The van der Waals surface area contributed by atoms with Gasteiger partial charge in [0.15, 0.2) is 17.7 Å². The van der Waals surface area contributed by atoms with Crippen molar-refractivity contribution in [3.63, 3.8) is 0 Å². The minimum atomic E-state index is -3.93. The first-order chi connectivity index (χ1) is 15.7. The number of para-hydroxylation sites is 2. The molecule has 33 heavy (non-hydrogen) atoms. The van der Waals surface area contributed by atoms with Crippen LogP contribution in [0.25, 0.3) is 0 Å². The highest BCUT2D eigenvalue weighted by Gasteiger charge is 2.19. The van der Waals surface area contributed by atoms with Gasteiger partial charge in [-0.05, 0) is 55.5 Å². The minimum absolute atomic E-state index is 0.0880. The first kappa shape index (κ1) is 24.0. The van der Waals surface area contributed by atoms with Crippen molar-refractivity contribution in [2.75, 3.05) is 4.72 Å². The Kier molecular flexibility index (Phi) is 7.52. The first-order valence-electron chi connectivity index (χ1n) is 9.56. The molecule has 1 atom stereocenters. The van der Waals surface area contributed by atoms with Crippen LogP contribution in [0.4, 0.5) is 10.1 Å². The monoisotopic (exact) mass is 491 g/mol. The second-order valence-electron chi connectivity index (χ2n) is 6.74. The van der Waals surface area contributed by atoms with Crippen LogP contribution in [-0.4, -0.2) is 26.3 Å². The van der Waals surface area contributed by atoms with E-state index in [1.54, 1.807) is 24.3 Å². The molecule has 0 saturated carbocycles. The highest BCUT2D eigenvalue weighted by Crippen LogP contribution is 2.24. The molecule has 0 aliphatic carbocycles. The summed E-state index contributed by atoms with van der Waals surface area (Å²) >= 11 is 5.98. The molecule has 0 radical (unpaired) electrons. The molecule has 0 aromatic heterocycles. The molecule has 3 rings (SSSR count). The average molecular weight is 492 g/mol. The van der Waals surface area contributed by atoms with Crippen molar-refractivity contribution in [2.24, 2.45) is 0 Å². The summed E-state index contributed by atoms with van der Waals surface area (Å²) in [6.07, 6.45) is -1.09. The maximum absolute atomic E-state index is 13.6. The van der Waals surface area contributed by atoms with Gasteiger partial charge in [-0.1, -0.05) is 35.9 Å². The Morgan fingerprint density at radius 1 is 0.939 bits per heavy atom. The van der Waals surface area contributed by atoms with Gasteiger partial charge >= 0.3 is 0 Å². The number of rotatable bonds is 7. The first-order valence-corrected chi connectivity index (χ1v) is 11.4. The molecule has 11 heteroatoms. The Bertz CT molecular complexity index is 1270. The fraction of sp³-hybridized carbons (Fsp3) is 0.0909. The smallest absolute Gasteiger partial charge is 0.279 e. The minimum Gasteiger partial charge on any atom is -0.478 e. The van der Waals surface area contributed by atoms with Gasteiger partial charge in [0.05, 0.1) is 15.6 Å². The van der Waals surface area contributed by atoms with Crippen LogP contribution in [0.5, 0.6) is 5.75 Å². The van der Waals surface area contributed by atoms with Crippen LogP contribution >= 0.6 is 11.6 Å². The van der Waals surface area contributed by atoms with E-state index in [2.05, 4.69) is 15.6 Å². The lowest BCUT2D eigenvalue weighted by Gasteiger charge is -2.15. The molecule has 3 N–H and O–H groups in total. The van der Waals surface area contributed by atoms with E-state index in [4.69, 9.17) is 16.3 Å². The molecular weight excluding hydrogens is 473 g/mol. The Balaban J connectivity index is 1.58. The number of hydrogen-bond donors (Lipinski definition) is 3. The molecule has 0 fully saturated rings. The Morgan fingerprint density at radius 3 is 2.24 bits per heavy atom. The van der Waals surface area contributed by atoms with E-state index in [1.807, 2.05) is 0 Å². The third-order valence-electron chi connectivity index (χ3n) is 4.35. The van der Waals surface area contributed by atoms with E-state index < -0.39 is 33.8 Å². The molecule has 2 amide bonds. The van der Waals surface area contributed by atoms with Gasteiger partial charge in [-0.2, -0.15) is 0 Å². The van der Waals surface area contributed by atoms with Crippen molar-refractivity contribution < 1.29 is 27.1 Å². The number of amides is 2. The highest BCUT2D eigenvalue weighted by atomic mass is 35.5.